The second-order valence-corrected chi connectivity index (χ2v) is 7.79. The Morgan fingerprint density at radius 2 is 1.69 bits per heavy atom. The van der Waals surface area contributed by atoms with Crippen LogP contribution in [0.15, 0.2) is 47.5 Å². The topological polar surface area (TPSA) is 44.7 Å². The van der Waals surface area contributed by atoms with Crippen molar-refractivity contribution in [3.8, 4) is 0 Å². The first-order valence-corrected chi connectivity index (χ1v) is 9.97. The van der Waals surface area contributed by atoms with Crippen LogP contribution in [0.5, 0.6) is 0 Å². The van der Waals surface area contributed by atoms with E-state index < -0.39 is 41.0 Å². The Labute approximate surface area is 179 Å². The normalized spacial score (nSPS) is 19.0. The molecule has 0 saturated carbocycles. The van der Waals surface area contributed by atoms with Crippen LogP contribution in [0.2, 0.25) is 0 Å². The summed E-state index contributed by atoms with van der Waals surface area (Å²) in [5.41, 5.74) is -2.65. The van der Waals surface area contributed by atoms with Crippen molar-refractivity contribution in [3.63, 3.8) is 0 Å². The Balaban J connectivity index is 1.68. The molecule has 170 valence electrons. The van der Waals surface area contributed by atoms with Gasteiger partial charge in [-0.2, -0.15) is 26.3 Å². The number of hydrogen-bond acceptors (Lipinski definition) is 3. The number of carbonyl (C=O) groups excluding carboxylic acids is 1. The van der Waals surface area contributed by atoms with Gasteiger partial charge in [-0.25, -0.2) is 0 Å². The smallest absolute Gasteiger partial charge is 0.333 e. The van der Waals surface area contributed by atoms with Gasteiger partial charge < -0.3 is 10.2 Å². The minimum absolute atomic E-state index is 0.0266. The number of alkyl halides is 6. The van der Waals surface area contributed by atoms with Crippen LogP contribution in [0, 0.1) is 0 Å². The maximum absolute atomic E-state index is 13.2. The van der Waals surface area contributed by atoms with E-state index in [1.54, 1.807) is 0 Å². The number of piperazine rings is 1. The molecule has 0 aromatic heterocycles. The van der Waals surface area contributed by atoms with E-state index in [1.807, 2.05) is 24.3 Å². The van der Waals surface area contributed by atoms with Crippen LogP contribution in [-0.4, -0.2) is 43.0 Å². The predicted octanol–water partition coefficient (Wildman–Crippen LogP) is 3.01. The molecule has 1 saturated heterocycles. The number of fused-ring (bicyclic) bond motifs is 1. The van der Waals surface area contributed by atoms with Crippen molar-refractivity contribution in [2.24, 2.45) is 4.99 Å². The molecule has 4 nitrogen and oxygen atoms in total. The lowest BCUT2D eigenvalue weighted by molar-refractivity contribution is -0.143. The van der Waals surface area contributed by atoms with Gasteiger partial charge in [0.15, 0.2) is 0 Å². The summed E-state index contributed by atoms with van der Waals surface area (Å²) in [5.74, 6) is -0.850. The van der Waals surface area contributed by atoms with Crippen LogP contribution in [0.25, 0.3) is 5.57 Å². The lowest BCUT2D eigenvalue weighted by Crippen LogP contribution is -2.54. The van der Waals surface area contributed by atoms with Gasteiger partial charge in [-0.15, -0.1) is 0 Å². The highest BCUT2D eigenvalue weighted by Gasteiger charge is 2.38. The second kappa shape index (κ2) is 8.23. The number of amides is 1. The van der Waals surface area contributed by atoms with Gasteiger partial charge in [0.2, 0.25) is 0 Å². The third-order valence-electron chi connectivity index (χ3n) is 5.65. The molecule has 2 heterocycles. The molecular formula is C22H19F6N3O. The molecule has 32 heavy (non-hydrogen) atoms. The molecule has 0 bridgehead atoms. The van der Waals surface area contributed by atoms with Crippen molar-refractivity contribution < 1.29 is 31.1 Å². The average Bonchev–Trinajstić information content (AvgIpc) is 3.15. The fraction of sp³-hybridized carbons (Fsp3) is 0.364. The zero-order valence-electron chi connectivity index (χ0n) is 16.7. The van der Waals surface area contributed by atoms with E-state index in [1.165, 1.54) is 4.90 Å². The highest BCUT2D eigenvalue weighted by Crippen LogP contribution is 2.36. The third-order valence-corrected chi connectivity index (χ3v) is 5.65. The van der Waals surface area contributed by atoms with E-state index in [2.05, 4.69) is 10.3 Å². The first-order chi connectivity index (χ1) is 15.0. The SMILES string of the molecule is O=C(c1cc(C(F)(F)F)cc(C(F)(F)F)c1)N1CCNC[C@H]1CC1=c2ccccc2=NC1. The van der Waals surface area contributed by atoms with Crippen LogP contribution < -0.4 is 15.9 Å². The maximum Gasteiger partial charge on any atom is 0.416 e. The Kier molecular flexibility index (Phi) is 5.74. The lowest BCUT2D eigenvalue weighted by Gasteiger charge is -2.37. The van der Waals surface area contributed by atoms with Crippen molar-refractivity contribution in [1.29, 1.82) is 0 Å². The number of rotatable bonds is 3. The van der Waals surface area contributed by atoms with E-state index in [-0.39, 0.29) is 12.6 Å². The van der Waals surface area contributed by atoms with Gasteiger partial charge in [-0.05, 0) is 36.3 Å². The largest absolute Gasteiger partial charge is 0.416 e. The van der Waals surface area contributed by atoms with Gasteiger partial charge in [-0.3, -0.25) is 9.79 Å². The Bertz CT molecular complexity index is 1120. The van der Waals surface area contributed by atoms with E-state index in [0.29, 0.717) is 38.2 Å². The van der Waals surface area contributed by atoms with Gasteiger partial charge in [0, 0.05) is 36.5 Å². The van der Waals surface area contributed by atoms with Gasteiger partial charge in [0.25, 0.3) is 5.91 Å². The summed E-state index contributed by atoms with van der Waals surface area (Å²) in [6.45, 7) is 1.39. The minimum Gasteiger partial charge on any atom is -0.333 e. The number of hydrogen-bond donors (Lipinski definition) is 1. The molecule has 1 fully saturated rings. The average molecular weight is 455 g/mol. The van der Waals surface area contributed by atoms with E-state index >= 15 is 0 Å². The Morgan fingerprint density at radius 1 is 1.03 bits per heavy atom. The summed E-state index contributed by atoms with van der Waals surface area (Å²) in [6.07, 6.45) is -9.60. The molecular weight excluding hydrogens is 436 g/mol. The van der Waals surface area contributed by atoms with Crippen LogP contribution in [0.3, 0.4) is 0 Å². The molecule has 2 aromatic rings. The molecule has 0 unspecified atom stereocenters. The number of benzene rings is 2. The molecule has 1 atom stereocenters. The number of nitrogens with zero attached hydrogens (tertiary/aromatic N) is 2. The van der Waals surface area contributed by atoms with Crippen molar-refractivity contribution in [2.75, 3.05) is 26.2 Å². The first kappa shape index (κ1) is 22.3. The molecule has 0 radical (unpaired) electrons. The molecule has 0 spiro atoms. The van der Waals surface area contributed by atoms with Gasteiger partial charge in [0.05, 0.1) is 23.0 Å². The summed E-state index contributed by atoms with van der Waals surface area (Å²) >= 11 is 0. The highest BCUT2D eigenvalue weighted by molar-refractivity contribution is 5.95. The molecule has 1 amide bonds. The van der Waals surface area contributed by atoms with Crippen LogP contribution in [0.1, 0.15) is 27.9 Å². The standard InChI is InChI=1S/C22H19F6N3O/c23-21(24,25)15-7-13(8-16(10-15)22(26,27)28)20(32)31-6-5-29-12-17(31)9-14-11-30-19-4-2-1-3-18(14)19/h1-4,7-8,10,17,29H,5-6,9,11-12H2/t17-/m1/s1. The van der Waals surface area contributed by atoms with Gasteiger partial charge in [-0.1, -0.05) is 18.2 Å². The summed E-state index contributed by atoms with van der Waals surface area (Å²) in [7, 11) is 0. The first-order valence-electron chi connectivity index (χ1n) is 9.97. The summed E-state index contributed by atoms with van der Waals surface area (Å²) in [5, 5.41) is 4.92. The van der Waals surface area contributed by atoms with Gasteiger partial charge >= 0.3 is 12.4 Å². The number of carbonyl (C=O) groups is 1. The molecule has 10 heteroatoms. The second-order valence-electron chi connectivity index (χ2n) is 7.79. The highest BCUT2D eigenvalue weighted by atomic mass is 19.4. The molecule has 2 aromatic carbocycles. The summed E-state index contributed by atoms with van der Waals surface area (Å²) in [6, 6.07) is 8.08. The third kappa shape index (κ3) is 4.50. The quantitative estimate of drug-likeness (QED) is 0.724. The molecule has 4 rings (SSSR count). The lowest BCUT2D eigenvalue weighted by atomic mass is 9.99. The molecule has 1 N–H and O–H groups in total. The zero-order valence-corrected chi connectivity index (χ0v) is 16.7. The van der Waals surface area contributed by atoms with E-state index in [4.69, 9.17) is 0 Å². The Morgan fingerprint density at radius 3 is 2.34 bits per heavy atom. The predicted molar refractivity (Wildman–Crippen MR) is 104 cm³/mol. The number of nitrogens with one attached hydrogen (secondary N) is 1. The zero-order chi connectivity index (χ0) is 23.1. The van der Waals surface area contributed by atoms with Crippen LogP contribution >= 0.6 is 0 Å². The molecule has 2 aliphatic heterocycles. The van der Waals surface area contributed by atoms with E-state index in [9.17, 15) is 31.1 Å². The number of para-hydroxylation sites is 1. The molecule has 2 aliphatic rings. The fourth-order valence-electron chi connectivity index (χ4n) is 4.09. The van der Waals surface area contributed by atoms with Crippen molar-refractivity contribution >= 4 is 11.5 Å². The Hall–Kier alpha value is -2.88. The summed E-state index contributed by atoms with van der Waals surface area (Å²) in [4.78, 5) is 18.9. The summed E-state index contributed by atoms with van der Waals surface area (Å²) < 4.78 is 79.3. The fourth-order valence-corrected chi connectivity index (χ4v) is 4.09. The molecule has 0 aliphatic carbocycles. The van der Waals surface area contributed by atoms with Crippen LogP contribution in [0.4, 0.5) is 26.3 Å². The van der Waals surface area contributed by atoms with Crippen molar-refractivity contribution in [1.82, 2.24) is 10.2 Å². The van der Waals surface area contributed by atoms with Crippen molar-refractivity contribution in [3.05, 3.63) is 69.7 Å². The minimum atomic E-state index is -5.01. The van der Waals surface area contributed by atoms with Crippen LogP contribution in [-0.2, 0) is 12.4 Å². The monoisotopic (exact) mass is 455 g/mol. The van der Waals surface area contributed by atoms with E-state index in [0.717, 1.165) is 16.1 Å². The van der Waals surface area contributed by atoms with Crippen molar-refractivity contribution in [2.45, 2.75) is 24.8 Å². The maximum atomic E-state index is 13.2. The van der Waals surface area contributed by atoms with Gasteiger partial charge in [0.1, 0.15) is 0 Å². The number of halogens is 6.